The van der Waals surface area contributed by atoms with Crippen molar-refractivity contribution >= 4 is 26.8 Å². The summed E-state index contributed by atoms with van der Waals surface area (Å²) < 4.78 is 33.1. The van der Waals surface area contributed by atoms with Crippen LogP contribution >= 0.6 is 0 Å². The van der Waals surface area contributed by atoms with Gasteiger partial charge in [-0.1, -0.05) is 12.1 Å². The molecule has 1 saturated heterocycles. The summed E-state index contributed by atoms with van der Waals surface area (Å²) in [6.07, 6.45) is 3.36. The Morgan fingerprint density at radius 3 is 2.63 bits per heavy atom. The van der Waals surface area contributed by atoms with E-state index < -0.39 is 15.9 Å². The molecule has 8 nitrogen and oxygen atoms in total. The number of benzene rings is 1. The van der Waals surface area contributed by atoms with Crippen molar-refractivity contribution in [3.63, 3.8) is 0 Å². The number of amides is 1. The van der Waals surface area contributed by atoms with Crippen LogP contribution < -0.4 is 5.73 Å². The molecule has 9 heteroatoms. The number of carbonyl (C=O) groups excluding carboxylic acids is 1. The van der Waals surface area contributed by atoms with Gasteiger partial charge >= 0.3 is 0 Å². The molecule has 1 aliphatic rings. The third kappa shape index (κ3) is 3.09. The van der Waals surface area contributed by atoms with E-state index in [1.165, 1.54) is 4.31 Å². The van der Waals surface area contributed by atoms with Gasteiger partial charge in [0.2, 0.25) is 10.0 Å². The lowest BCUT2D eigenvalue weighted by atomic mass is 10.1. The van der Waals surface area contributed by atoms with Crippen molar-refractivity contribution in [2.75, 3.05) is 26.3 Å². The lowest BCUT2D eigenvalue weighted by Gasteiger charge is -2.26. The number of pyridine rings is 1. The molecule has 0 saturated carbocycles. The van der Waals surface area contributed by atoms with E-state index in [-0.39, 0.29) is 23.7 Å². The molecule has 0 aliphatic carbocycles. The minimum Gasteiger partial charge on any atom is -0.379 e. The molecule has 3 N–H and O–H groups in total. The van der Waals surface area contributed by atoms with Crippen molar-refractivity contribution in [3.05, 3.63) is 48.4 Å². The van der Waals surface area contributed by atoms with Crippen molar-refractivity contribution in [1.29, 1.82) is 0 Å². The van der Waals surface area contributed by atoms with Gasteiger partial charge in [-0.3, -0.25) is 9.78 Å². The van der Waals surface area contributed by atoms with Gasteiger partial charge in [0.15, 0.2) is 0 Å². The Kier molecular flexibility index (Phi) is 4.42. The number of primary amides is 1. The third-order valence-corrected chi connectivity index (χ3v) is 6.55. The highest BCUT2D eigenvalue weighted by Gasteiger charge is 2.33. The summed E-state index contributed by atoms with van der Waals surface area (Å²) in [7, 11) is -3.91. The standard InChI is InChI=1S/C18H18N4O4S/c19-18(23)16-17(27(24,25)22-6-8-26-9-7-22)14-10-12(3-4-15(14)21-16)13-2-1-5-20-11-13/h1-5,10-11,21H,6-9H2,(H2,19,23). The zero-order valence-electron chi connectivity index (χ0n) is 14.4. The average molecular weight is 386 g/mol. The lowest BCUT2D eigenvalue weighted by Crippen LogP contribution is -2.41. The molecule has 0 spiro atoms. The third-order valence-electron chi connectivity index (χ3n) is 4.56. The first kappa shape index (κ1) is 17.7. The molecule has 1 fully saturated rings. The second kappa shape index (κ2) is 6.76. The zero-order valence-corrected chi connectivity index (χ0v) is 15.2. The Hall–Kier alpha value is -2.75. The molecule has 4 rings (SSSR count). The highest BCUT2D eigenvalue weighted by atomic mass is 32.2. The molecule has 0 radical (unpaired) electrons. The SMILES string of the molecule is NC(=O)c1[nH]c2ccc(-c3cccnc3)cc2c1S(=O)(=O)N1CCOCC1. The average Bonchev–Trinajstić information content (AvgIpc) is 3.09. The number of rotatable bonds is 4. The van der Waals surface area contributed by atoms with Crippen LogP contribution in [-0.2, 0) is 14.8 Å². The largest absolute Gasteiger partial charge is 0.379 e. The second-order valence-corrected chi connectivity index (χ2v) is 8.09. The van der Waals surface area contributed by atoms with Crippen molar-refractivity contribution in [3.8, 4) is 11.1 Å². The highest BCUT2D eigenvalue weighted by Crippen LogP contribution is 2.33. The minimum atomic E-state index is -3.91. The maximum absolute atomic E-state index is 13.3. The molecule has 1 aliphatic heterocycles. The number of nitrogens with one attached hydrogen (secondary N) is 1. The van der Waals surface area contributed by atoms with Crippen LogP contribution in [0.3, 0.4) is 0 Å². The first-order chi connectivity index (χ1) is 13.0. The maximum Gasteiger partial charge on any atom is 0.266 e. The van der Waals surface area contributed by atoms with Gasteiger partial charge in [0.05, 0.1) is 13.2 Å². The fraction of sp³-hybridized carbons (Fsp3) is 0.222. The van der Waals surface area contributed by atoms with Crippen LogP contribution in [0.4, 0.5) is 0 Å². The van der Waals surface area contributed by atoms with Crippen molar-refractivity contribution < 1.29 is 17.9 Å². The van der Waals surface area contributed by atoms with E-state index in [1.54, 1.807) is 30.6 Å². The monoisotopic (exact) mass is 386 g/mol. The van der Waals surface area contributed by atoms with Crippen LogP contribution in [-0.4, -0.2) is 54.9 Å². The van der Waals surface area contributed by atoms with Gasteiger partial charge in [-0.05, 0) is 23.8 Å². The van der Waals surface area contributed by atoms with E-state index in [2.05, 4.69) is 9.97 Å². The molecule has 3 heterocycles. The normalized spacial score (nSPS) is 15.9. The number of hydrogen-bond donors (Lipinski definition) is 2. The predicted octanol–water partition coefficient (Wildman–Crippen LogP) is 1.35. The van der Waals surface area contributed by atoms with Gasteiger partial charge in [0.25, 0.3) is 5.91 Å². The van der Waals surface area contributed by atoms with E-state index in [0.29, 0.717) is 24.1 Å². The highest BCUT2D eigenvalue weighted by molar-refractivity contribution is 7.89. The Labute approximate surface area is 156 Å². The first-order valence-electron chi connectivity index (χ1n) is 8.42. The van der Waals surface area contributed by atoms with E-state index >= 15 is 0 Å². The summed E-state index contributed by atoms with van der Waals surface area (Å²) in [5.74, 6) is -0.819. The number of nitrogens with two attached hydrogens (primary N) is 1. The van der Waals surface area contributed by atoms with Gasteiger partial charge in [-0.2, -0.15) is 4.31 Å². The number of H-pyrrole nitrogens is 1. The number of morpholine rings is 1. The Balaban J connectivity index is 1.94. The lowest BCUT2D eigenvalue weighted by molar-refractivity contribution is 0.0730. The van der Waals surface area contributed by atoms with E-state index in [9.17, 15) is 13.2 Å². The molecule has 0 atom stereocenters. The molecule has 27 heavy (non-hydrogen) atoms. The summed E-state index contributed by atoms with van der Waals surface area (Å²) >= 11 is 0. The topological polar surface area (TPSA) is 118 Å². The fourth-order valence-corrected chi connectivity index (χ4v) is 4.98. The summed E-state index contributed by atoms with van der Waals surface area (Å²) in [6.45, 7) is 1.09. The fourth-order valence-electron chi connectivity index (χ4n) is 3.24. The number of aromatic amines is 1. The van der Waals surface area contributed by atoms with Crippen LogP contribution in [0.1, 0.15) is 10.5 Å². The number of hydrogen-bond acceptors (Lipinski definition) is 5. The Morgan fingerprint density at radius 2 is 1.96 bits per heavy atom. The van der Waals surface area contributed by atoms with Gasteiger partial charge in [-0.15, -0.1) is 0 Å². The van der Waals surface area contributed by atoms with Crippen molar-refractivity contribution in [2.45, 2.75) is 4.90 Å². The molecule has 0 unspecified atom stereocenters. The van der Waals surface area contributed by atoms with Crippen molar-refractivity contribution in [1.82, 2.24) is 14.3 Å². The van der Waals surface area contributed by atoms with E-state index in [4.69, 9.17) is 10.5 Å². The quantitative estimate of drug-likeness (QED) is 0.702. The van der Waals surface area contributed by atoms with E-state index in [1.807, 2.05) is 12.1 Å². The van der Waals surface area contributed by atoms with Gasteiger partial charge in [0, 0.05) is 41.9 Å². The zero-order chi connectivity index (χ0) is 19.0. The number of fused-ring (bicyclic) bond motifs is 1. The molecular weight excluding hydrogens is 368 g/mol. The van der Waals surface area contributed by atoms with Crippen LogP contribution in [0.5, 0.6) is 0 Å². The summed E-state index contributed by atoms with van der Waals surface area (Å²) in [4.78, 5) is 18.8. The molecule has 3 aromatic rings. The van der Waals surface area contributed by atoms with Gasteiger partial charge in [-0.25, -0.2) is 8.42 Å². The van der Waals surface area contributed by atoms with Crippen LogP contribution in [0.15, 0.2) is 47.6 Å². The summed E-state index contributed by atoms with van der Waals surface area (Å²) in [5.41, 5.74) is 7.52. The molecular formula is C18H18N4O4S. The number of ether oxygens (including phenoxy) is 1. The van der Waals surface area contributed by atoms with Crippen LogP contribution in [0, 0.1) is 0 Å². The van der Waals surface area contributed by atoms with E-state index in [0.717, 1.165) is 11.1 Å². The summed E-state index contributed by atoms with van der Waals surface area (Å²) in [6, 6.07) is 9.00. The molecule has 1 aromatic carbocycles. The number of nitrogens with zero attached hydrogens (tertiary/aromatic N) is 2. The van der Waals surface area contributed by atoms with Crippen LogP contribution in [0.25, 0.3) is 22.0 Å². The van der Waals surface area contributed by atoms with Crippen molar-refractivity contribution in [2.24, 2.45) is 5.73 Å². The number of carbonyl (C=O) groups is 1. The van der Waals surface area contributed by atoms with Gasteiger partial charge < -0.3 is 15.5 Å². The van der Waals surface area contributed by atoms with Crippen LogP contribution in [0.2, 0.25) is 0 Å². The molecule has 1 amide bonds. The maximum atomic E-state index is 13.3. The minimum absolute atomic E-state index is 0.0855. The second-order valence-electron chi connectivity index (χ2n) is 6.21. The van der Waals surface area contributed by atoms with Gasteiger partial charge in [0.1, 0.15) is 10.6 Å². The first-order valence-corrected chi connectivity index (χ1v) is 9.86. The molecule has 0 bridgehead atoms. The Morgan fingerprint density at radius 1 is 1.19 bits per heavy atom. The summed E-state index contributed by atoms with van der Waals surface area (Å²) in [5, 5.41) is 0.427. The number of aromatic nitrogens is 2. The predicted molar refractivity (Wildman–Crippen MR) is 99.6 cm³/mol. The smallest absolute Gasteiger partial charge is 0.266 e. The Bertz CT molecular complexity index is 1100. The molecule has 140 valence electrons. The molecule has 2 aromatic heterocycles. The number of sulfonamides is 1.